The Labute approximate surface area is 180 Å². The van der Waals surface area contributed by atoms with Crippen molar-refractivity contribution in [2.75, 3.05) is 17.7 Å². The van der Waals surface area contributed by atoms with E-state index < -0.39 is 33.0 Å². The average Bonchev–Trinajstić information content (AvgIpc) is 2.79. The third-order valence-electron chi connectivity index (χ3n) is 4.36. The van der Waals surface area contributed by atoms with Gasteiger partial charge < -0.3 is 15.4 Å². The van der Waals surface area contributed by atoms with Crippen molar-refractivity contribution in [3.8, 4) is 5.75 Å². The number of ether oxygens (including phenoxy) is 1. The third kappa shape index (κ3) is 5.02. The summed E-state index contributed by atoms with van der Waals surface area (Å²) in [5.41, 5.74) is -0.644. The molecule has 0 atom stereocenters. The number of hydrogen-bond donors (Lipinski definition) is 2. The summed E-state index contributed by atoms with van der Waals surface area (Å²) in [4.78, 5) is 45.7. The summed E-state index contributed by atoms with van der Waals surface area (Å²) in [5, 5.41) is 27.3. The van der Waals surface area contributed by atoms with Crippen molar-refractivity contribution in [1.29, 1.82) is 0 Å². The molecule has 0 aliphatic carbocycles. The molecule has 2 amide bonds. The molecule has 0 aromatic heterocycles. The molecule has 3 aromatic rings. The number of rotatable bonds is 7. The van der Waals surface area contributed by atoms with Crippen molar-refractivity contribution in [3.05, 3.63) is 98.1 Å². The average molecular weight is 436 g/mol. The van der Waals surface area contributed by atoms with Gasteiger partial charge in [0.15, 0.2) is 0 Å². The second kappa shape index (κ2) is 9.34. The number of amides is 2. The van der Waals surface area contributed by atoms with E-state index in [2.05, 4.69) is 10.6 Å². The number of carbonyl (C=O) groups is 2. The van der Waals surface area contributed by atoms with Crippen LogP contribution in [0.2, 0.25) is 0 Å². The van der Waals surface area contributed by atoms with Crippen molar-refractivity contribution in [2.24, 2.45) is 0 Å². The van der Waals surface area contributed by atoms with E-state index in [0.717, 1.165) is 18.2 Å². The molecule has 0 aliphatic rings. The van der Waals surface area contributed by atoms with Crippen molar-refractivity contribution in [3.63, 3.8) is 0 Å². The number of benzene rings is 3. The van der Waals surface area contributed by atoms with E-state index >= 15 is 0 Å². The van der Waals surface area contributed by atoms with Crippen LogP contribution in [0.3, 0.4) is 0 Å². The van der Waals surface area contributed by atoms with E-state index in [0.29, 0.717) is 11.3 Å². The highest BCUT2D eigenvalue weighted by Gasteiger charge is 2.20. The standard InChI is InChI=1S/C21H16N4O7/c1-32-17-8-6-13(7-9-17)20(26)22-18-4-2-3-5-19(18)23-21(27)14-10-15(24(28)29)12-16(11-14)25(30)31/h2-12H,1H3,(H,22,26)(H,23,27). The van der Waals surface area contributed by atoms with Crippen LogP contribution in [-0.4, -0.2) is 28.8 Å². The lowest BCUT2D eigenvalue weighted by Gasteiger charge is -2.12. The predicted molar refractivity (Wildman–Crippen MR) is 115 cm³/mol. The summed E-state index contributed by atoms with van der Waals surface area (Å²) in [5.74, 6) is -0.677. The topological polar surface area (TPSA) is 154 Å². The molecule has 0 heterocycles. The van der Waals surface area contributed by atoms with Crippen LogP contribution in [0, 0.1) is 20.2 Å². The molecule has 0 saturated heterocycles. The highest BCUT2D eigenvalue weighted by Crippen LogP contribution is 2.26. The molecule has 11 nitrogen and oxygen atoms in total. The lowest BCUT2D eigenvalue weighted by Crippen LogP contribution is -2.17. The number of nitrogens with zero attached hydrogens (tertiary/aromatic N) is 2. The molecule has 3 aromatic carbocycles. The number of methoxy groups -OCH3 is 1. The van der Waals surface area contributed by atoms with Gasteiger partial charge in [-0.2, -0.15) is 0 Å². The molecule has 0 spiro atoms. The van der Waals surface area contributed by atoms with Crippen LogP contribution in [0.1, 0.15) is 20.7 Å². The van der Waals surface area contributed by atoms with Gasteiger partial charge in [-0.3, -0.25) is 29.8 Å². The first kappa shape index (κ1) is 21.9. The number of nitrogens with one attached hydrogen (secondary N) is 2. The highest BCUT2D eigenvalue weighted by atomic mass is 16.6. The van der Waals surface area contributed by atoms with Gasteiger partial charge in [-0.25, -0.2) is 0 Å². The number of carbonyl (C=O) groups excluding carboxylic acids is 2. The van der Waals surface area contributed by atoms with Crippen molar-refractivity contribution < 1.29 is 24.2 Å². The first-order valence-electron chi connectivity index (χ1n) is 9.08. The summed E-state index contributed by atoms with van der Waals surface area (Å²) in [7, 11) is 1.50. The minimum atomic E-state index is -0.827. The lowest BCUT2D eigenvalue weighted by atomic mass is 10.1. The number of anilines is 2. The Morgan fingerprint density at radius 1 is 0.750 bits per heavy atom. The fourth-order valence-corrected chi connectivity index (χ4v) is 2.77. The molecule has 11 heteroatoms. The Hall–Kier alpha value is -4.80. The molecule has 0 unspecified atom stereocenters. The third-order valence-corrected chi connectivity index (χ3v) is 4.36. The monoisotopic (exact) mass is 436 g/mol. The van der Waals surface area contributed by atoms with E-state index in [1.165, 1.54) is 13.2 Å². The van der Waals surface area contributed by atoms with Gasteiger partial charge in [0.1, 0.15) is 5.75 Å². The summed E-state index contributed by atoms with van der Waals surface area (Å²) in [6, 6.07) is 15.3. The SMILES string of the molecule is COc1ccc(C(=O)Nc2ccccc2NC(=O)c2cc([N+](=O)[O-])cc([N+](=O)[O-])c2)cc1. The second-order valence-corrected chi connectivity index (χ2v) is 6.43. The van der Waals surface area contributed by atoms with Crippen LogP contribution < -0.4 is 15.4 Å². The Morgan fingerprint density at radius 2 is 1.22 bits per heavy atom. The largest absolute Gasteiger partial charge is 0.497 e. The fraction of sp³-hybridized carbons (Fsp3) is 0.0476. The number of nitro groups is 2. The highest BCUT2D eigenvalue weighted by molar-refractivity contribution is 6.10. The van der Waals surface area contributed by atoms with Gasteiger partial charge in [-0.05, 0) is 36.4 Å². The Balaban J connectivity index is 1.84. The fourth-order valence-electron chi connectivity index (χ4n) is 2.77. The van der Waals surface area contributed by atoms with Gasteiger partial charge in [-0.1, -0.05) is 12.1 Å². The Morgan fingerprint density at radius 3 is 1.66 bits per heavy atom. The quantitative estimate of drug-likeness (QED) is 0.419. The minimum absolute atomic E-state index is 0.202. The molecular formula is C21H16N4O7. The maximum absolute atomic E-state index is 12.7. The van der Waals surface area contributed by atoms with Crippen LogP contribution in [0.4, 0.5) is 22.7 Å². The van der Waals surface area contributed by atoms with Crippen molar-refractivity contribution in [1.82, 2.24) is 0 Å². The number of para-hydroxylation sites is 2. The molecule has 3 rings (SSSR count). The summed E-state index contributed by atoms with van der Waals surface area (Å²) in [6.45, 7) is 0. The maximum Gasteiger partial charge on any atom is 0.277 e. The molecule has 0 radical (unpaired) electrons. The van der Waals surface area contributed by atoms with Gasteiger partial charge >= 0.3 is 0 Å². The summed E-state index contributed by atoms with van der Waals surface area (Å²) < 4.78 is 5.05. The zero-order chi connectivity index (χ0) is 23.3. The first-order valence-corrected chi connectivity index (χ1v) is 9.08. The zero-order valence-corrected chi connectivity index (χ0v) is 16.6. The van der Waals surface area contributed by atoms with Crippen LogP contribution in [0.25, 0.3) is 0 Å². The van der Waals surface area contributed by atoms with Gasteiger partial charge in [0.25, 0.3) is 23.2 Å². The Kier molecular flexibility index (Phi) is 6.39. The number of nitro benzene ring substituents is 2. The van der Waals surface area contributed by atoms with Gasteiger partial charge in [0.2, 0.25) is 0 Å². The van der Waals surface area contributed by atoms with Crippen molar-refractivity contribution in [2.45, 2.75) is 0 Å². The second-order valence-electron chi connectivity index (χ2n) is 6.43. The van der Waals surface area contributed by atoms with E-state index in [4.69, 9.17) is 4.74 Å². The van der Waals surface area contributed by atoms with E-state index in [1.807, 2.05) is 0 Å². The molecule has 2 N–H and O–H groups in total. The van der Waals surface area contributed by atoms with Gasteiger partial charge in [-0.15, -0.1) is 0 Å². The van der Waals surface area contributed by atoms with E-state index in [-0.39, 0.29) is 16.9 Å². The normalized spacial score (nSPS) is 10.2. The van der Waals surface area contributed by atoms with Crippen LogP contribution in [0.15, 0.2) is 66.7 Å². The minimum Gasteiger partial charge on any atom is -0.497 e. The lowest BCUT2D eigenvalue weighted by molar-refractivity contribution is -0.394. The predicted octanol–water partition coefficient (Wildman–Crippen LogP) is 4.02. The van der Waals surface area contributed by atoms with Crippen molar-refractivity contribution >= 4 is 34.6 Å². The molecule has 162 valence electrons. The van der Waals surface area contributed by atoms with E-state index in [9.17, 15) is 29.8 Å². The molecule has 0 aliphatic heterocycles. The summed E-state index contributed by atoms with van der Waals surface area (Å²) in [6.07, 6.45) is 0. The van der Waals surface area contributed by atoms with Crippen LogP contribution >= 0.6 is 0 Å². The van der Waals surface area contributed by atoms with Crippen LogP contribution in [0.5, 0.6) is 5.75 Å². The molecule has 0 saturated carbocycles. The van der Waals surface area contributed by atoms with Gasteiger partial charge in [0, 0.05) is 17.7 Å². The molecule has 32 heavy (non-hydrogen) atoms. The van der Waals surface area contributed by atoms with Gasteiger partial charge in [0.05, 0.1) is 40.0 Å². The number of non-ortho nitro benzene ring substituents is 2. The zero-order valence-electron chi connectivity index (χ0n) is 16.6. The molecule has 0 fully saturated rings. The number of hydrogen-bond acceptors (Lipinski definition) is 7. The van der Waals surface area contributed by atoms with Crippen LogP contribution in [-0.2, 0) is 0 Å². The maximum atomic E-state index is 12.7. The smallest absolute Gasteiger partial charge is 0.277 e. The Bertz CT molecular complexity index is 1180. The summed E-state index contributed by atoms with van der Waals surface area (Å²) >= 11 is 0. The van der Waals surface area contributed by atoms with E-state index in [1.54, 1.807) is 42.5 Å². The molecule has 0 bridgehead atoms. The molecular weight excluding hydrogens is 420 g/mol. The first-order chi connectivity index (χ1) is 15.3.